The van der Waals surface area contributed by atoms with E-state index in [2.05, 4.69) is 10.2 Å². The third-order valence-corrected chi connectivity index (χ3v) is 5.86. The minimum absolute atomic E-state index is 0.00397. The van der Waals surface area contributed by atoms with Crippen LogP contribution in [0.3, 0.4) is 0 Å². The van der Waals surface area contributed by atoms with Gasteiger partial charge < -0.3 is 24.4 Å². The van der Waals surface area contributed by atoms with E-state index in [9.17, 15) is 14.4 Å². The number of aromatic nitrogens is 1. The lowest BCUT2D eigenvalue weighted by atomic mass is 10.1. The number of ether oxygens (including phenoxy) is 1. The molecule has 8 nitrogen and oxygen atoms in total. The average molecular weight is 469 g/mol. The van der Waals surface area contributed by atoms with Crippen LogP contribution in [0.15, 0.2) is 41.5 Å². The molecule has 1 aliphatic rings. The summed E-state index contributed by atoms with van der Waals surface area (Å²) in [6, 6.07) is 7.87. The molecule has 1 saturated heterocycles. The van der Waals surface area contributed by atoms with E-state index >= 15 is 0 Å². The average Bonchev–Trinajstić information content (AvgIpc) is 2.82. The van der Waals surface area contributed by atoms with Crippen molar-refractivity contribution in [2.24, 2.45) is 5.92 Å². The Morgan fingerprint density at radius 1 is 1.00 bits per heavy atom. The first kappa shape index (κ1) is 25.3. The van der Waals surface area contributed by atoms with Crippen molar-refractivity contribution in [3.63, 3.8) is 0 Å². The Labute approximate surface area is 201 Å². The van der Waals surface area contributed by atoms with Gasteiger partial charge in [-0.05, 0) is 38.8 Å². The highest BCUT2D eigenvalue weighted by Gasteiger charge is 2.27. The number of carbonyl (C=O) groups excluding carboxylic acids is 2. The molecule has 2 heterocycles. The largest absolute Gasteiger partial charge is 0.492 e. The molecule has 8 heteroatoms. The van der Waals surface area contributed by atoms with Crippen LogP contribution in [0.2, 0.25) is 0 Å². The molecule has 1 aromatic carbocycles. The first-order valence-corrected chi connectivity index (χ1v) is 12.0. The Bertz CT molecular complexity index is 1070. The molecule has 0 spiro atoms. The zero-order valence-electron chi connectivity index (χ0n) is 20.8. The SMILES string of the molecule is CCOc1ccccc1N1CCN(C(=O)c2cn(C(C)C)cc(C(=O)NCC(C)C)c2=O)CC1. The summed E-state index contributed by atoms with van der Waals surface area (Å²) in [5.74, 6) is 0.297. The van der Waals surface area contributed by atoms with Gasteiger partial charge in [-0.1, -0.05) is 26.0 Å². The molecular formula is C26H36N4O4. The standard InChI is InChI=1S/C26H36N4O4/c1-6-34-23-10-8-7-9-22(23)28-11-13-29(14-12-28)26(33)21-17-30(19(4)5)16-20(24(21)31)25(32)27-15-18(2)3/h7-10,16-19H,6,11-15H2,1-5H3,(H,27,32). The Morgan fingerprint density at radius 2 is 1.65 bits per heavy atom. The fourth-order valence-electron chi connectivity index (χ4n) is 3.92. The lowest BCUT2D eigenvalue weighted by Gasteiger charge is -2.36. The van der Waals surface area contributed by atoms with Crippen molar-refractivity contribution >= 4 is 17.5 Å². The molecule has 0 unspecified atom stereocenters. The van der Waals surface area contributed by atoms with E-state index in [0.717, 1.165) is 11.4 Å². The molecular weight excluding hydrogens is 432 g/mol. The Morgan fingerprint density at radius 3 is 2.26 bits per heavy atom. The number of hydrogen-bond donors (Lipinski definition) is 1. The summed E-state index contributed by atoms with van der Waals surface area (Å²) in [6.07, 6.45) is 3.12. The number of nitrogens with one attached hydrogen (secondary N) is 1. The fraction of sp³-hybridized carbons (Fsp3) is 0.500. The maximum absolute atomic E-state index is 13.4. The molecule has 184 valence electrons. The summed E-state index contributed by atoms with van der Waals surface area (Å²) < 4.78 is 7.51. The zero-order chi connectivity index (χ0) is 24.8. The summed E-state index contributed by atoms with van der Waals surface area (Å²) >= 11 is 0. The van der Waals surface area contributed by atoms with E-state index < -0.39 is 11.3 Å². The maximum atomic E-state index is 13.4. The molecule has 34 heavy (non-hydrogen) atoms. The second-order valence-corrected chi connectivity index (χ2v) is 9.24. The number of pyridine rings is 1. The molecule has 0 radical (unpaired) electrons. The quantitative estimate of drug-likeness (QED) is 0.643. The number of rotatable bonds is 8. The molecule has 1 aliphatic heterocycles. The number of para-hydroxylation sites is 2. The van der Waals surface area contributed by atoms with Crippen LogP contribution in [0.25, 0.3) is 0 Å². The predicted octanol–water partition coefficient (Wildman–Crippen LogP) is 3.18. The van der Waals surface area contributed by atoms with E-state index in [4.69, 9.17) is 4.74 Å². The van der Waals surface area contributed by atoms with Gasteiger partial charge in [0.1, 0.15) is 16.9 Å². The van der Waals surface area contributed by atoms with Crippen molar-refractivity contribution in [2.45, 2.75) is 40.7 Å². The van der Waals surface area contributed by atoms with Crippen molar-refractivity contribution in [2.75, 3.05) is 44.2 Å². The fourth-order valence-corrected chi connectivity index (χ4v) is 3.92. The number of amides is 2. The molecule has 2 aromatic rings. The molecule has 0 saturated carbocycles. The number of piperazine rings is 1. The number of carbonyl (C=O) groups is 2. The monoisotopic (exact) mass is 468 g/mol. The third-order valence-electron chi connectivity index (χ3n) is 5.86. The van der Waals surface area contributed by atoms with Crippen LogP contribution >= 0.6 is 0 Å². The van der Waals surface area contributed by atoms with Crippen LogP contribution in [0.5, 0.6) is 5.75 Å². The number of anilines is 1. The molecule has 0 aliphatic carbocycles. The molecule has 1 N–H and O–H groups in total. The molecule has 1 aromatic heterocycles. The van der Waals surface area contributed by atoms with Crippen LogP contribution in [-0.2, 0) is 0 Å². The highest BCUT2D eigenvalue weighted by molar-refractivity contribution is 5.99. The van der Waals surface area contributed by atoms with E-state index in [1.165, 1.54) is 0 Å². The third kappa shape index (κ3) is 5.79. The summed E-state index contributed by atoms with van der Waals surface area (Å²) in [7, 11) is 0. The van der Waals surface area contributed by atoms with Crippen LogP contribution < -0.4 is 20.4 Å². The second kappa shape index (κ2) is 11.2. The van der Waals surface area contributed by atoms with Crippen molar-refractivity contribution in [3.05, 3.63) is 58.0 Å². The highest BCUT2D eigenvalue weighted by atomic mass is 16.5. The van der Waals surface area contributed by atoms with E-state index in [-0.39, 0.29) is 29.0 Å². The minimum atomic E-state index is -0.521. The van der Waals surface area contributed by atoms with Gasteiger partial charge in [0.25, 0.3) is 11.8 Å². The Kier molecular flexibility index (Phi) is 8.36. The summed E-state index contributed by atoms with van der Waals surface area (Å²) in [5.41, 5.74) is 0.522. The van der Waals surface area contributed by atoms with Gasteiger partial charge in [0, 0.05) is 51.2 Å². The topological polar surface area (TPSA) is 83.9 Å². The number of nitrogens with zero attached hydrogens (tertiary/aromatic N) is 3. The van der Waals surface area contributed by atoms with Crippen molar-refractivity contribution < 1.29 is 14.3 Å². The van der Waals surface area contributed by atoms with Crippen molar-refractivity contribution in [1.29, 1.82) is 0 Å². The summed E-state index contributed by atoms with van der Waals surface area (Å²) in [4.78, 5) is 43.2. The van der Waals surface area contributed by atoms with Gasteiger partial charge in [0.15, 0.2) is 0 Å². The predicted molar refractivity (Wildman–Crippen MR) is 134 cm³/mol. The Balaban J connectivity index is 1.81. The first-order valence-electron chi connectivity index (χ1n) is 12.0. The van der Waals surface area contributed by atoms with Crippen LogP contribution in [0, 0.1) is 5.92 Å². The number of benzene rings is 1. The van der Waals surface area contributed by atoms with Gasteiger partial charge in [0.05, 0.1) is 12.3 Å². The zero-order valence-corrected chi connectivity index (χ0v) is 20.8. The van der Waals surface area contributed by atoms with Gasteiger partial charge in [-0.3, -0.25) is 14.4 Å². The lowest BCUT2D eigenvalue weighted by molar-refractivity contribution is 0.0744. The van der Waals surface area contributed by atoms with Gasteiger partial charge in [-0.2, -0.15) is 0 Å². The normalized spacial score (nSPS) is 14.0. The molecule has 0 bridgehead atoms. The molecule has 1 fully saturated rings. The highest BCUT2D eigenvalue weighted by Crippen LogP contribution is 2.29. The second-order valence-electron chi connectivity index (χ2n) is 9.24. The van der Waals surface area contributed by atoms with E-state index in [0.29, 0.717) is 39.3 Å². The van der Waals surface area contributed by atoms with Crippen LogP contribution in [0.1, 0.15) is 61.4 Å². The van der Waals surface area contributed by atoms with Gasteiger partial charge in [-0.15, -0.1) is 0 Å². The smallest absolute Gasteiger partial charge is 0.259 e. The lowest BCUT2D eigenvalue weighted by Crippen LogP contribution is -2.50. The molecule has 3 rings (SSSR count). The van der Waals surface area contributed by atoms with Gasteiger partial charge in [-0.25, -0.2) is 0 Å². The minimum Gasteiger partial charge on any atom is -0.492 e. The van der Waals surface area contributed by atoms with Crippen LogP contribution in [0.4, 0.5) is 5.69 Å². The van der Waals surface area contributed by atoms with E-state index in [1.54, 1.807) is 21.9 Å². The van der Waals surface area contributed by atoms with E-state index in [1.807, 2.05) is 58.9 Å². The van der Waals surface area contributed by atoms with Crippen LogP contribution in [-0.4, -0.2) is 60.6 Å². The van der Waals surface area contributed by atoms with Gasteiger partial charge in [0.2, 0.25) is 5.43 Å². The van der Waals surface area contributed by atoms with Crippen molar-refractivity contribution in [1.82, 2.24) is 14.8 Å². The summed E-state index contributed by atoms with van der Waals surface area (Å²) in [6.45, 7) is 13.1. The van der Waals surface area contributed by atoms with Gasteiger partial charge >= 0.3 is 0 Å². The van der Waals surface area contributed by atoms with Crippen molar-refractivity contribution in [3.8, 4) is 5.75 Å². The maximum Gasteiger partial charge on any atom is 0.259 e. The number of hydrogen-bond acceptors (Lipinski definition) is 5. The Hall–Kier alpha value is -3.29. The first-order chi connectivity index (χ1) is 16.2. The molecule has 2 amide bonds. The summed E-state index contributed by atoms with van der Waals surface area (Å²) in [5, 5.41) is 2.79. The molecule has 0 atom stereocenters.